The molecule has 0 atom stereocenters. The van der Waals surface area contributed by atoms with Crippen molar-refractivity contribution >= 4 is 33.1 Å². The first kappa shape index (κ1) is 21.8. The molecule has 32 heavy (non-hydrogen) atoms. The van der Waals surface area contributed by atoms with Crippen molar-refractivity contribution in [2.75, 3.05) is 25.5 Å². The molecule has 1 aromatic carbocycles. The number of hydrogen-bond donors (Lipinski definition) is 2. The van der Waals surface area contributed by atoms with E-state index in [1.807, 2.05) is 35.4 Å². The molecule has 166 valence electrons. The summed E-state index contributed by atoms with van der Waals surface area (Å²) in [5, 5.41) is 5.28. The first-order chi connectivity index (χ1) is 15.6. The van der Waals surface area contributed by atoms with Gasteiger partial charge in [0.2, 0.25) is 5.91 Å². The minimum atomic E-state index is -0.215. The summed E-state index contributed by atoms with van der Waals surface area (Å²) in [5.41, 5.74) is 1.14. The minimum absolute atomic E-state index is 0.162. The second-order valence-corrected chi connectivity index (χ2v) is 8.14. The Morgan fingerprint density at radius 2 is 2.12 bits per heavy atom. The lowest BCUT2D eigenvalue weighted by atomic mass is 10.2. The number of aromatic amines is 1. The van der Waals surface area contributed by atoms with Gasteiger partial charge in [0, 0.05) is 10.9 Å². The standard InChI is InChI=1S/C23H24N4O4S/c1-3-10-27(13-20(28)24-16-7-4-5-8-18(16)30-2)12-19-25-22(29)21-15(14-32-23(21)26-19)17-9-6-11-31-17/h4-9,11,14H,3,10,12-13H2,1-2H3,(H,24,28)(H,25,26,29). The Morgan fingerprint density at radius 1 is 1.28 bits per heavy atom. The quantitative estimate of drug-likeness (QED) is 0.397. The molecule has 2 N–H and O–H groups in total. The Morgan fingerprint density at radius 3 is 2.88 bits per heavy atom. The highest BCUT2D eigenvalue weighted by atomic mass is 32.1. The van der Waals surface area contributed by atoms with E-state index in [1.165, 1.54) is 11.3 Å². The van der Waals surface area contributed by atoms with Crippen LogP contribution < -0.4 is 15.6 Å². The number of fused-ring (bicyclic) bond motifs is 1. The zero-order chi connectivity index (χ0) is 22.5. The molecule has 8 nitrogen and oxygen atoms in total. The van der Waals surface area contributed by atoms with Crippen LogP contribution in [0.2, 0.25) is 0 Å². The summed E-state index contributed by atoms with van der Waals surface area (Å²) in [4.78, 5) is 35.6. The number of ether oxygens (including phenoxy) is 1. The van der Waals surface area contributed by atoms with Crippen LogP contribution in [0.25, 0.3) is 21.5 Å². The van der Waals surface area contributed by atoms with Gasteiger partial charge in [-0.15, -0.1) is 11.3 Å². The molecule has 0 aliphatic carbocycles. The summed E-state index contributed by atoms with van der Waals surface area (Å²) in [7, 11) is 1.56. The van der Waals surface area contributed by atoms with Crippen LogP contribution >= 0.6 is 11.3 Å². The monoisotopic (exact) mass is 452 g/mol. The van der Waals surface area contributed by atoms with E-state index in [0.717, 1.165) is 12.0 Å². The van der Waals surface area contributed by atoms with E-state index >= 15 is 0 Å². The zero-order valence-corrected chi connectivity index (χ0v) is 18.7. The number of rotatable bonds is 9. The van der Waals surface area contributed by atoms with Gasteiger partial charge in [-0.2, -0.15) is 0 Å². The van der Waals surface area contributed by atoms with E-state index in [1.54, 1.807) is 31.6 Å². The number of aromatic nitrogens is 2. The summed E-state index contributed by atoms with van der Waals surface area (Å²) in [5.74, 6) is 1.60. The molecule has 0 fully saturated rings. The van der Waals surface area contributed by atoms with Gasteiger partial charge < -0.3 is 19.5 Å². The Balaban J connectivity index is 1.51. The SMILES string of the molecule is CCCN(CC(=O)Nc1ccccc1OC)Cc1nc2scc(-c3ccco3)c2c(=O)[nH]1. The smallest absolute Gasteiger partial charge is 0.260 e. The van der Waals surface area contributed by atoms with E-state index in [9.17, 15) is 9.59 Å². The van der Waals surface area contributed by atoms with Gasteiger partial charge in [0.05, 0.1) is 37.5 Å². The number of nitrogens with zero attached hydrogens (tertiary/aromatic N) is 2. The summed E-state index contributed by atoms with van der Waals surface area (Å²) >= 11 is 1.40. The maximum Gasteiger partial charge on any atom is 0.260 e. The predicted octanol–water partition coefficient (Wildman–Crippen LogP) is 4.10. The second-order valence-electron chi connectivity index (χ2n) is 7.28. The van der Waals surface area contributed by atoms with Crippen molar-refractivity contribution in [3.8, 4) is 17.1 Å². The molecule has 0 aliphatic heterocycles. The van der Waals surface area contributed by atoms with Gasteiger partial charge in [-0.1, -0.05) is 19.1 Å². The van der Waals surface area contributed by atoms with E-state index < -0.39 is 0 Å². The van der Waals surface area contributed by atoms with Crippen LogP contribution in [0.3, 0.4) is 0 Å². The van der Waals surface area contributed by atoms with Crippen LogP contribution in [0.15, 0.2) is 57.3 Å². The largest absolute Gasteiger partial charge is 0.495 e. The highest BCUT2D eigenvalue weighted by molar-refractivity contribution is 7.17. The van der Waals surface area contributed by atoms with E-state index in [-0.39, 0.29) is 18.0 Å². The van der Waals surface area contributed by atoms with Crippen LogP contribution in [-0.4, -0.2) is 41.0 Å². The highest BCUT2D eigenvalue weighted by Crippen LogP contribution is 2.31. The number of anilines is 1. The minimum Gasteiger partial charge on any atom is -0.495 e. The summed E-state index contributed by atoms with van der Waals surface area (Å²) in [6.45, 7) is 3.24. The topological polar surface area (TPSA) is 100 Å². The van der Waals surface area contributed by atoms with E-state index in [2.05, 4.69) is 15.3 Å². The van der Waals surface area contributed by atoms with Crippen LogP contribution in [-0.2, 0) is 11.3 Å². The predicted molar refractivity (Wildman–Crippen MR) is 125 cm³/mol. The fraction of sp³-hybridized carbons (Fsp3) is 0.261. The Bertz CT molecular complexity index is 1260. The molecule has 1 amide bonds. The van der Waals surface area contributed by atoms with Crippen LogP contribution in [0.1, 0.15) is 19.2 Å². The number of furan rings is 1. The fourth-order valence-corrected chi connectivity index (χ4v) is 4.51. The van der Waals surface area contributed by atoms with Gasteiger partial charge in [0.25, 0.3) is 5.56 Å². The molecule has 0 saturated heterocycles. The third kappa shape index (κ3) is 4.74. The average molecular weight is 453 g/mol. The molecule has 0 spiro atoms. The molecule has 0 unspecified atom stereocenters. The zero-order valence-electron chi connectivity index (χ0n) is 17.9. The number of thiophene rings is 1. The van der Waals surface area contributed by atoms with E-state index in [4.69, 9.17) is 9.15 Å². The normalized spacial score (nSPS) is 11.2. The third-order valence-electron chi connectivity index (χ3n) is 4.94. The molecule has 0 saturated carbocycles. The first-order valence-electron chi connectivity index (χ1n) is 10.3. The number of nitrogens with one attached hydrogen (secondary N) is 2. The van der Waals surface area contributed by atoms with Crippen molar-refractivity contribution in [1.29, 1.82) is 0 Å². The molecule has 0 radical (unpaired) electrons. The van der Waals surface area contributed by atoms with Gasteiger partial charge in [-0.25, -0.2) is 4.98 Å². The van der Waals surface area contributed by atoms with Crippen molar-refractivity contribution < 1.29 is 13.9 Å². The number of amides is 1. The number of para-hydroxylation sites is 2. The first-order valence-corrected chi connectivity index (χ1v) is 11.2. The Labute approximate surface area is 188 Å². The number of methoxy groups -OCH3 is 1. The van der Waals surface area contributed by atoms with Crippen molar-refractivity contribution in [1.82, 2.24) is 14.9 Å². The van der Waals surface area contributed by atoms with Crippen molar-refractivity contribution in [2.45, 2.75) is 19.9 Å². The average Bonchev–Trinajstić information content (AvgIpc) is 3.44. The van der Waals surface area contributed by atoms with Crippen molar-refractivity contribution in [3.05, 3.63) is 64.2 Å². The van der Waals surface area contributed by atoms with Gasteiger partial charge in [0.1, 0.15) is 22.2 Å². The van der Waals surface area contributed by atoms with Crippen LogP contribution in [0.5, 0.6) is 5.75 Å². The summed E-state index contributed by atoms with van der Waals surface area (Å²) in [6, 6.07) is 10.9. The lowest BCUT2D eigenvalue weighted by Gasteiger charge is -2.21. The van der Waals surface area contributed by atoms with Crippen molar-refractivity contribution in [3.63, 3.8) is 0 Å². The van der Waals surface area contributed by atoms with E-state index in [0.29, 0.717) is 46.3 Å². The summed E-state index contributed by atoms with van der Waals surface area (Å²) < 4.78 is 10.7. The molecule has 9 heteroatoms. The second kappa shape index (κ2) is 9.80. The fourth-order valence-electron chi connectivity index (χ4n) is 3.56. The molecular weight excluding hydrogens is 428 g/mol. The lowest BCUT2D eigenvalue weighted by molar-refractivity contribution is -0.117. The molecule has 0 bridgehead atoms. The molecular formula is C23H24N4O4S. The van der Waals surface area contributed by atoms with Crippen molar-refractivity contribution in [2.24, 2.45) is 0 Å². The molecule has 4 aromatic rings. The molecule has 4 rings (SSSR count). The van der Waals surface area contributed by atoms with Crippen LogP contribution in [0.4, 0.5) is 5.69 Å². The molecule has 0 aliphatic rings. The number of H-pyrrole nitrogens is 1. The van der Waals surface area contributed by atoms with Gasteiger partial charge in [-0.3, -0.25) is 14.5 Å². The van der Waals surface area contributed by atoms with Gasteiger partial charge in [0.15, 0.2) is 0 Å². The molecule has 3 aromatic heterocycles. The van der Waals surface area contributed by atoms with Gasteiger partial charge >= 0.3 is 0 Å². The maximum absolute atomic E-state index is 12.8. The number of hydrogen-bond acceptors (Lipinski definition) is 7. The summed E-state index contributed by atoms with van der Waals surface area (Å²) in [6.07, 6.45) is 2.43. The number of benzene rings is 1. The molecule has 3 heterocycles. The van der Waals surface area contributed by atoms with Crippen LogP contribution in [0, 0.1) is 0 Å². The number of carbonyl (C=O) groups is 1. The Kier molecular flexibility index (Phi) is 6.67. The Hall–Kier alpha value is -3.43. The number of carbonyl (C=O) groups excluding carboxylic acids is 1. The third-order valence-corrected chi connectivity index (χ3v) is 5.81. The lowest BCUT2D eigenvalue weighted by Crippen LogP contribution is -2.34. The highest BCUT2D eigenvalue weighted by Gasteiger charge is 2.17. The maximum atomic E-state index is 12.8. The van der Waals surface area contributed by atoms with Gasteiger partial charge in [-0.05, 0) is 37.2 Å².